The summed E-state index contributed by atoms with van der Waals surface area (Å²) in [5, 5.41) is 9.77. The summed E-state index contributed by atoms with van der Waals surface area (Å²) in [6, 6.07) is 7.17. The molecule has 1 nitrogen and oxygen atoms in total. The lowest BCUT2D eigenvalue weighted by atomic mass is 10.1. The first-order chi connectivity index (χ1) is 6.13. The van der Waals surface area contributed by atoms with Gasteiger partial charge in [0, 0.05) is 15.6 Å². The van der Waals surface area contributed by atoms with E-state index in [0.29, 0.717) is 15.6 Å². The highest BCUT2D eigenvalue weighted by Crippen LogP contribution is 2.22. The van der Waals surface area contributed by atoms with Crippen LogP contribution >= 0.6 is 23.2 Å². The van der Waals surface area contributed by atoms with Crippen molar-refractivity contribution in [1.29, 1.82) is 5.26 Å². The Hall–Kier alpha value is -0.970. The van der Waals surface area contributed by atoms with Gasteiger partial charge in [-0.25, -0.2) is 0 Å². The molecular weight excluding hydrogens is 205 g/mol. The van der Waals surface area contributed by atoms with E-state index in [4.69, 9.17) is 28.5 Å². The number of nitriles is 1. The van der Waals surface area contributed by atoms with Crippen LogP contribution in [0.5, 0.6) is 0 Å². The lowest BCUT2D eigenvalue weighted by Gasteiger charge is -1.98. The van der Waals surface area contributed by atoms with Crippen LogP contribution in [0.1, 0.15) is 12.5 Å². The fourth-order valence-electron chi connectivity index (χ4n) is 0.891. The Labute approximate surface area is 87.2 Å². The molecule has 66 valence electrons. The molecule has 0 aliphatic heterocycles. The van der Waals surface area contributed by atoms with E-state index >= 15 is 0 Å². The third-order valence-corrected chi connectivity index (χ3v) is 2.09. The maximum atomic E-state index is 8.56. The van der Waals surface area contributed by atoms with Crippen molar-refractivity contribution in [2.75, 3.05) is 0 Å². The molecule has 0 N–H and O–H groups in total. The van der Waals surface area contributed by atoms with E-state index in [9.17, 15) is 0 Å². The second-order valence-corrected chi connectivity index (χ2v) is 3.45. The zero-order chi connectivity index (χ0) is 9.84. The van der Waals surface area contributed by atoms with Gasteiger partial charge in [-0.2, -0.15) is 5.26 Å². The van der Waals surface area contributed by atoms with Gasteiger partial charge < -0.3 is 0 Å². The highest BCUT2D eigenvalue weighted by molar-refractivity contribution is 6.34. The minimum atomic E-state index is 0.596. The second kappa shape index (κ2) is 4.32. The lowest BCUT2D eigenvalue weighted by Crippen LogP contribution is -1.77. The predicted octanol–water partition coefficient (Wildman–Crippen LogP) is 3.92. The fraction of sp³-hybridized carbons (Fsp3) is 0.100. The van der Waals surface area contributed by atoms with Gasteiger partial charge in [0.05, 0.1) is 6.07 Å². The number of hydrogen-bond donors (Lipinski definition) is 0. The number of rotatable bonds is 1. The summed E-state index contributed by atoms with van der Waals surface area (Å²) in [5.41, 5.74) is 1.37. The Morgan fingerprint density at radius 1 is 1.46 bits per heavy atom. The summed E-state index contributed by atoms with van der Waals surface area (Å²) in [4.78, 5) is 0. The number of allylic oxidation sites excluding steroid dienone is 1. The fourth-order valence-corrected chi connectivity index (χ4v) is 1.24. The monoisotopic (exact) mass is 211 g/mol. The van der Waals surface area contributed by atoms with Gasteiger partial charge in [0.2, 0.25) is 0 Å². The second-order valence-electron chi connectivity index (χ2n) is 2.60. The van der Waals surface area contributed by atoms with Gasteiger partial charge in [0.25, 0.3) is 0 Å². The van der Waals surface area contributed by atoms with Crippen molar-refractivity contribution in [1.82, 2.24) is 0 Å². The van der Waals surface area contributed by atoms with E-state index in [1.54, 1.807) is 31.2 Å². The normalized spacial score (nSPS) is 11.1. The molecular formula is C10H7Cl2N. The van der Waals surface area contributed by atoms with Gasteiger partial charge >= 0.3 is 0 Å². The van der Waals surface area contributed by atoms with Crippen LogP contribution in [-0.4, -0.2) is 0 Å². The Balaban J connectivity index is 3.16. The van der Waals surface area contributed by atoms with Crippen molar-refractivity contribution >= 4 is 29.3 Å². The molecule has 0 saturated heterocycles. The molecule has 0 bridgehead atoms. The number of nitrogens with zero attached hydrogens (tertiary/aromatic N) is 1. The van der Waals surface area contributed by atoms with Gasteiger partial charge in [0.1, 0.15) is 0 Å². The standard InChI is InChI=1S/C10H7Cl2N/c1-7(6-13)4-8-5-9(11)2-3-10(8)12/h2-5H,1H3/b7-4-. The molecule has 3 heteroatoms. The maximum absolute atomic E-state index is 8.56. The maximum Gasteiger partial charge on any atom is 0.0944 e. The van der Waals surface area contributed by atoms with Gasteiger partial charge in [-0.3, -0.25) is 0 Å². The summed E-state index contributed by atoms with van der Waals surface area (Å²) in [6.45, 7) is 1.72. The summed E-state index contributed by atoms with van der Waals surface area (Å²) in [6.07, 6.45) is 1.70. The highest BCUT2D eigenvalue weighted by Gasteiger charge is 1.98. The largest absolute Gasteiger partial charge is 0.193 e. The number of halogens is 2. The first-order valence-corrected chi connectivity index (χ1v) is 4.42. The zero-order valence-corrected chi connectivity index (χ0v) is 8.52. The summed E-state index contributed by atoms with van der Waals surface area (Å²) in [5.74, 6) is 0. The molecule has 1 aromatic carbocycles. The first kappa shape index (κ1) is 10.1. The highest BCUT2D eigenvalue weighted by atomic mass is 35.5. The average Bonchev–Trinajstić information content (AvgIpc) is 2.11. The van der Waals surface area contributed by atoms with Crippen molar-refractivity contribution in [2.45, 2.75) is 6.92 Å². The number of hydrogen-bond acceptors (Lipinski definition) is 1. The van der Waals surface area contributed by atoms with Crippen LogP contribution in [0.3, 0.4) is 0 Å². The van der Waals surface area contributed by atoms with E-state index in [-0.39, 0.29) is 0 Å². The van der Waals surface area contributed by atoms with Gasteiger partial charge in [-0.15, -0.1) is 0 Å². The Morgan fingerprint density at radius 2 is 2.15 bits per heavy atom. The van der Waals surface area contributed by atoms with Crippen LogP contribution in [-0.2, 0) is 0 Å². The molecule has 0 radical (unpaired) electrons. The van der Waals surface area contributed by atoms with Crippen LogP contribution in [0.15, 0.2) is 23.8 Å². The smallest absolute Gasteiger partial charge is 0.0944 e. The van der Waals surface area contributed by atoms with E-state index in [2.05, 4.69) is 0 Å². The molecule has 0 aliphatic carbocycles. The van der Waals surface area contributed by atoms with Crippen LogP contribution in [0.4, 0.5) is 0 Å². The molecule has 0 aromatic heterocycles. The summed E-state index contributed by atoms with van der Waals surface area (Å²) >= 11 is 11.7. The lowest BCUT2D eigenvalue weighted by molar-refractivity contribution is 1.46. The minimum absolute atomic E-state index is 0.596. The Morgan fingerprint density at radius 3 is 2.77 bits per heavy atom. The van der Waals surface area contributed by atoms with Gasteiger partial charge in [-0.05, 0) is 36.8 Å². The van der Waals surface area contributed by atoms with Crippen molar-refractivity contribution in [3.8, 4) is 6.07 Å². The third-order valence-electron chi connectivity index (χ3n) is 1.51. The molecule has 0 saturated carbocycles. The van der Waals surface area contributed by atoms with Crippen LogP contribution in [0.25, 0.3) is 6.08 Å². The Kier molecular flexibility index (Phi) is 3.36. The predicted molar refractivity (Wildman–Crippen MR) is 55.7 cm³/mol. The molecule has 0 fully saturated rings. The van der Waals surface area contributed by atoms with Crippen LogP contribution in [0.2, 0.25) is 10.0 Å². The average molecular weight is 212 g/mol. The molecule has 0 atom stereocenters. The summed E-state index contributed by atoms with van der Waals surface area (Å²) in [7, 11) is 0. The molecule has 0 amide bonds. The Bertz CT molecular complexity index is 388. The first-order valence-electron chi connectivity index (χ1n) is 3.67. The van der Waals surface area contributed by atoms with E-state index in [0.717, 1.165) is 5.56 Å². The molecule has 1 aromatic rings. The van der Waals surface area contributed by atoms with Crippen LogP contribution < -0.4 is 0 Å². The molecule has 1 rings (SSSR count). The zero-order valence-electron chi connectivity index (χ0n) is 7.01. The van der Waals surface area contributed by atoms with E-state index in [1.807, 2.05) is 6.07 Å². The van der Waals surface area contributed by atoms with E-state index in [1.165, 1.54) is 0 Å². The van der Waals surface area contributed by atoms with Crippen LogP contribution in [0, 0.1) is 11.3 Å². The topological polar surface area (TPSA) is 23.8 Å². The van der Waals surface area contributed by atoms with Crippen molar-refractivity contribution in [3.63, 3.8) is 0 Å². The summed E-state index contributed by atoms with van der Waals surface area (Å²) < 4.78 is 0. The van der Waals surface area contributed by atoms with Gasteiger partial charge in [-0.1, -0.05) is 23.2 Å². The number of benzene rings is 1. The molecule has 0 heterocycles. The van der Waals surface area contributed by atoms with Crippen molar-refractivity contribution in [2.24, 2.45) is 0 Å². The quantitative estimate of drug-likeness (QED) is 0.647. The molecule has 0 unspecified atom stereocenters. The third kappa shape index (κ3) is 2.77. The van der Waals surface area contributed by atoms with Crippen molar-refractivity contribution in [3.05, 3.63) is 39.4 Å². The molecule has 0 spiro atoms. The van der Waals surface area contributed by atoms with Crippen molar-refractivity contribution < 1.29 is 0 Å². The van der Waals surface area contributed by atoms with Gasteiger partial charge in [0.15, 0.2) is 0 Å². The molecule has 13 heavy (non-hydrogen) atoms. The SMILES string of the molecule is C/C(C#N)=C/c1cc(Cl)ccc1Cl. The van der Waals surface area contributed by atoms with E-state index < -0.39 is 0 Å². The molecule has 0 aliphatic rings. The minimum Gasteiger partial charge on any atom is -0.193 e.